The number of hydrogen-bond acceptors (Lipinski definition) is 2. The van der Waals surface area contributed by atoms with Crippen LogP contribution >= 0.6 is 0 Å². The molecule has 0 saturated carbocycles. The lowest BCUT2D eigenvalue weighted by Gasteiger charge is -2.31. The molecule has 0 spiro atoms. The highest BCUT2D eigenvalue weighted by molar-refractivity contribution is 5.28. The molecule has 0 aromatic heterocycles. The van der Waals surface area contributed by atoms with Crippen molar-refractivity contribution in [1.82, 2.24) is 10.6 Å². The molecule has 5 heteroatoms. The molecule has 0 radical (unpaired) electrons. The second-order valence-electron chi connectivity index (χ2n) is 5.39. The average molecular weight is 286 g/mol. The van der Waals surface area contributed by atoms with Crippen molar-refractivity contribution < 1.29 is 13.2 Å². The minimum Gasteiger partial charge on any atom is -0.319 e. The zero-order valence-corrected chi connectivity index (χ0v) is 11.6. The minimum absolute atomic E-state index is 0.259. The van der Waals surface area contributed by atoms with E-state index in [2.05, 4.69) is 10.6 Å². The van der Waals surface area contributed by atoms with Gasteiger partial charge < -0.3 is 10.6 Å². The lowest BCUT2D eigenvalue weighted by Crippen LogP contribution is -2.36. The van der Waals surface area contributed by atoms with Crippen molar-refractivity contribution in [2.24, 2.45) is 5.92 Å². The van der Waals surface area contributed by atoms with Gasteiger partial charge in [0.2, 0.25) is 0 Å². The van der Waals surface area contributed by atoms with Gasteiger partial charge in [0.1, 0.15) is 0 Å². The summed E-state index contributed by atoms with van der Waals surface area (Å²) >= 11 is 0. The first-order chi connectivity index (χ1) is 9.52. The fraction of sp³-hybridized carbons (Fsp3) is 0.600. The van der Waals surface area contributed by atoms with Gasteiger partial charge in [-0.05, 0) is 56.6 Å². The number of nitrogens with one attached hydrogen (secondary N) is 2. The summed E-state index contributed by atoms with van der Waals surface area (Å²) in [6.07, 6.45) is -2.00. The van der Waals surface area contributed by atoms with E-state index in [-0.39, 0.29) is 5.92 Å². The quantitative estimate of drug-likeness (QED) is 0.889. The third-order valence-electron chi connectivity index (χ3n) is 3.99. The summed E-state index contributed by atoms with van der Waals surface area (Å²) in [5.74, 6) is 0.739. The van der Waals surface area contributed by atoms with Gasteiger partial charge in [-0.2, -0.15) is 13.2 Å². The van der Waals surface area contributed by atoms with Crippen LogP contribution < -0.4 is 10.6 Å². The van der Waals surface area contributed by atoms with Crippen molar-refractivity contribution in [1.29, 1.82) is 0 Å². The molecule has 2 nitrogen and oxygen atoms in total. The van der Waals surface area contributed by atoms with E-state index in [0.29, 0.717) is 5.92 Å². The Kier molecular flexibility index (Phi) is 5.05. The van der Waals surface area contributed by atoms with Crippen molar-refractivity contribution in [2.45, 2.75) is 24.9 Å². The van der Waals surface area contributed by atoms with Gasteiger partial charge in [-0.1, -0.05) is 12.1 Å². The molecule has 1 fully saturated rings. The lowest BCUT2D eigenvalue weighted by molar-refractivity contribution is -0.137. The fourth-order valence-electron chi connectivity index (χ4n) is 2.92. The second-order valence-corrected chi connectivity index (χ2v) is 5.39. The Balaban J connectivity index is 2.16. The Labute approximate surface area is 117 Å². The van der Waals surface area contributed by atoms with Crippen molar-refractivity contribution in [3.05, 3.63) is 35.4 Å². The van der Waals surface area contributed by atoms with E-state index in [1.54, 1.807) is 12.1 Å². The van der Waals surface area contributed by atoms with Crippen LogP contribution in [0.1, 0.15) is 29.9 Å². The number of alkyl halides is 3. The number of benzene rings is 1. The van der Waals surface area contributed by atoms with Gasteiger partial charge in [-0.3, -0.25) is 0 Å². The molecule has 2 rings (SSSR count). The highest BCUT2D eigenvalue weighted by atomic mass is 19.4. The first-order valence-electron chi connectivity index (χ1n) is 7.05. The smallest absolute Gasteiger partial charge is 0.319 e. The van der Waals surface area contributed by atoms with Crippen molar-refractivity contribution in [2.75, 3.05) is 26.7 Å². The normalized spacial score (nSPS) is 21.7. The molecule has 0 amide bonds. The van der Waals surface area contributed by atoms with Crippen molar-refractivity contribution >= 4 is 0 Å². The molecule has 2 atom stereocenters. The number of likely N-dealkylation sites (N-methyl/N-ethyl adjacent to an activating group) is 1. The van der Waals surface area contributed by atoms with Gasteiger partial charge in [0, 0.05) is 12.5 Å². The predicted octanol–water partition coefficient (Wildman–Crippen LogP) is 3.01. The van der Waals surface area contributed by atoms with Crippen LogP contribution in [0.25, 0.3) is 0 Å². The summed E-state index contributed by atoms with van der Waals surface area (Å²) in [5.41, 5.74) is 0.410. The van der Waals surface area contributed by atoms with Crippen molar-refractivity contribution in [3.8, 4) is 0 Å². The minimum atomic E-state index is -4.26. The van der Waals surface area contributed by atoms with Crippen LogP contribution in [0.5, 0.6) is 0 Å². The maximum absolute atomic E-state index is 12.6. The number of piperidine rings is 1. The molecule has 1 aliphatic heterocycles. The van der Waals surface area contributed by atoms with Crippen LogP contribution in [0.15, 0.2) is 24.3 Å². The Morgan fingerprint density at radius 1 is 1.30 bits per heavy atom. The van der Waals surface area contributed by atoms with Gasteiger partial charge in [-0.25, -0.2) is 0 Å². The summed E-state index contributed by atoms with van der Waals surface area (Å²) < 4.78 is 37.8. The van der Waals surface area contributed by atoms with Gasteiger partial charge in [0.15, 0.2) is 0 Å². The van der Waals surface area contributed by atoms with E-state index >= 15 is 0 Å². The zero-order chi connectivity index (χ0) is 14.6. The van der Waals surface area contributed by atoms with Crippen LogP contribution in [0, 0.1) is 5.92 Å². The highest BCUT2D eigenvalue weighted by Gasteiger charge is 2.31. The molecule has 0 aliphatic carbocycles. The molecule has 1 saturated heterocycles. The molecular weight excluding hydrogens is 265 g/mol. The van der Waals surface area contributed by atoms with Crippen molar-refractivity contribution in [3.63, 3.8) is 0 Å². The molecule has 1 aromatic rings. The molecule has 1 aromatic carbocycles. The molecule has 2 N–H and O–H groups in total. The molecule has 2 unspecified atom stereocenters. The zero-order valence-electron chi connectivity index (χ0n) is 11.6. The number of rotatable bonds is 4. The highest BCUT2D eigenvalue weighted by Crippen LogP contribution is 2.33. The molecule has 20 heavy (non-hydrogen) atoms. The van der Waals surface area contributed by atoms with Gasteiger partial charge in [0.05, 0.1) is 5.56 Å². The standard InChI is InChI=1S/C15H21F3N2/c1-19-10-14(12-3-2-8-20-9-12)11-4-6-13(7-5-11)15(16,17)18/h4-7,12,14,19-20H,2-3,8-10H2,1H3. The number of hydrogen-bond donors (Lipinski definition) is 2. The van der Waals surface area contributed by atoms with E-state index in [1.165, 1.54) is 12.1 Å². The summed E-state index contributed by atoms with van der Waals surface area (Å²) in [5, 5.41) is 6.53. The van der Waals surface area contributed by atoms with Gasteiger partial charge >= 0.3 is 6.18 Å². The Morgan fingerprint density at radius 3 is 2.50 bits per heavy atom. The van der Waals surface area contributed by atoms with E-state index in [1.807, 2.05) is 7.05 Å². The molecule has 1 heterocycles. The third kappa shape index (κ3) is 3.73. The van der Waals surface area contributed by atoms with Crippen LogP contribution in [0.2, 0.25) is 0 Å². The van der Waals surface area contributed by atoms with Crippen LogP contribution in [-0.2, 0) is 6.18 Å². The predicted molar refractivity (Wildman–Crippen MR) is 73.7 cm³/mol. The summed E-state index contributed by atoms with van der Waals surface area (Å²) in [6.45, 7) is 2.76. The number of halogens is 3. The first-order valence-corrected chi connectivity index (χ1v) is 7.05. The molecular formula is C15H21F3N2. The summed E-state index contributed by atoms with van der Waals surface area (Å²) in [4.78, 5) is 0. The fourth-order valence-corrected chi connectivity index (χ4v) is 2.92. The van der Waals surface area contributed by atoms with E-state index < -0.39 is 11.7 Å². The van der Waals surface area contributed by atoms with E-state index in [0.717, 1.165) is 38.0 Å². The summed E-state index contributed by atoms with van der Waals surface area (Å²) in [6, 6.07) is 5.63. The SMILES string of the molecule is CNCC(c1ccc(C(F)(F)F)cc1)C1CCCNC1. The van der Waals surface area contributed by atoms with Crippen LogP contribution in [0.4, 0.5) is 13.2 Å². The Bertz CT molecular complexity index is 408. The maximum atomic E-state index is 12.6. The van der Waals surface area contributed by atoms with Crippen LogP contribution in [-0.4, -0.2) is 26.7 Å². The van der Waals surface area contributed by atoms with E-state index in [4.69, 9.17) is 0 Å². The maximum Gasteiger partial charge on any atom is 0.416 e. The second kappa shape index (κ2) is 6.59. The lowest BCUT2D eigenvalue weighted by atomic mass is 9.81. The average Bonchev–Trinajstić information content (AvgIpc) is 2.45. The Morgan fingerprint density at radius 2 is 2.00 bits per heavy atom. The van der Waals surface area contributed by atoms with E-state index in [9.17, 15) is 13.2 Å². The largest absolute Gasteiger partial charge is 0.416 e. The summed E-state index contributed by atoms with van der Waals surface area (Å²) in [7, 11) is 1.88. The molecule has 1 aliphatic rings. The molecule has 112 valence electrons. The third-order valence-corrected chi connectivity index (χ3v) is 3.99. The van der Waals surface area contributed by atoms with Crippen LogP contribution in [0.3, 0.4) is 0 Å². The topological polar surface area (TPSA) is 24.1 Å². The van der Waals surface area contributed by atoms with Gasteiger partial charge in [-0.15, -0.1) is 0 Å². The van der Waals surface area contributed by atoms with Gasteiger partial charge in [0.25, 0.3) is 0 Å². The molecule has 0 bridgehead atoms. The first kappa shape index (κ1) is 15.3. The Hall–Kier alpha value is -1.07. The monoisotopic (exact) mass is 286 g/mol.